The van der Waals surface area contributed by atoms with E-state index in [-0.39, 0.29) is 16.7 Å². The summed E-state index contributed by atoms with van der Waals surface area (Å²) in [6.45, 7) is 7.63. The number of hydrogen-bond donors (Lipinski definition) is 1. The van der Waals surface area contributed by atoms with Crippen molar-refractivity contribution < 1.29 is 19.4 Å². The predicted octanol–water partition coefficient (Wildman–Crippen LogP) is 5.66. The number of hydrogen-bond acceptors (Lipinski definition) is 4. The monoisotopic (exact) mass is 467 g/mol. The molecule has 8 atom stereocenters. The van der Waals surface area contributed by atoms with E-state index in [4.69, 9.17) is 4.74 Å². The van der Waals surface area contributed by atoms with Crippen LogP contribution in [0.15, 0.2) is 24.3 Å². The van der Waals surface area contributed by atoms with E-state index in [1.54, 1.807) is 18.2 Å². The molecule has 3 aliphatic carbocycles. The Kier molecular flexibility index (Phi) is 5.97. The molecule has 1 aliphatic heterocycles. The van der Waals surface area contributed by atoms with Crippen LogP contribution >= 0.6 is 0 Å². The Hall–Kier alpha value is -2.04. The second-order valence-electron chi connectivity index (χ2n) is 12.3. The third-order valence-corrected chi connectivity index (χ3v) is 10.9. The van der Waals surface area contributed by atoms with E-state index in [1.165, 1.54) is 38.2 Å². The average molecular weight is 468 g/mol. The number of benzene rings is 1. The number of esters is 1. The Labute approximate surface area is 204 Å². The van der Waals surface area contributed by atoms with Gasteiger partial charge in [0.2, 0.25) is 5.91 Å². The summed E-state index contributed by atoms with van der Waals surface area (Å²) < 4.78 is 5.69. The summed E-state index contributed by atoms with van der Waals surface area (Å²) in [5.41, 5.74) is 0.789. The highest BCUT2D eigenvalue weighted by atomic mass is 16.5. The molecule has 3 saturated carbocycles. The van der Waals surface area contributed by atoms with Gasteiger partial charge < -0.3 is 14.7 Å². The minimum absolute atomic E-state index is 0.0227. The zero-order chi connectivity index (χ0) is 24.3. The van der Waals surface area contributed by atoms with Crippen LogP contribution in [0.1, 0.15) is 82.5 Å². The Morgan fingerprint density at radius 2 is 1.82 bits per heavy atom. The molecule has 1 N–H and O–H groups in total. The smallest absolute Gasteiger partial charge is 0.341 e. The molecule has 1 aromatic carbocycles. The van der Waals surface area contributed by atoms with Crippen LogP contribution in [-0.2, 0) is 9.53 Å². The molecule has 0 spiro atoms. The summed E-state index contributed by atoms with van der Waals surface area (Å²) >= 11 is 0. The number of fused-ring (bicyclic) bond motifs is 5. The zero-order valence-corrected chi connectivity index (χ0v) is 21.3. The number of carbonyl (C=O) groups excluding carboxylic acids is 2. The maximum atomic E-state index is 12.5. The van der Waals surface area contributed by atoms with Gasteiger partial charge in [0.15, 0.2) is 0 Å². The fraction of sp³-hybridized carbons (Fsp3) is 0.724. The maximum absolute atomic E-state index is 12.5. The molecule has 1 unspecified atom stereocenters. The van der Waals surface area contributed by atoms with Gasteiger partial charge in [0.25, 0.3) is 0 Å². The molecule has 34 heavy (non-hydrogen) atoms. The van der Waals surface area contributed by atoms with Gasteiger partial charge >= 0.3 is 5.97 Å². The standard InChI is InChI=1S/C29H41NO4/c1-18(17-34-27(33)20-7-5-6-8-24(20)31)21-10-11-22-19-9-12-25-29(3,16-14-26(32)30(25)4)23(19)13-15-28(21,22)2/h5-8,18-19,21-23,25,31H,9-17H2,1-4H3/t18?,19-,21+,22-,23-,25+,28+,29+/m0/s1. The van der Waals surface area contributed by atoms with Gasteiger partial charge in [-0.2, -0.15) is 0 Å². The first-order valence-corrected chi connectivity index (χ1v) is 13.4. The molecular formula is C29H41NO4. The van der Waals surface area contributed by atoms with Crippen LogP contribution in [0.4, 0.5) is 0 Å². The molecule has 0 radical (unpaired) electrons. The fourth-order valence-electron chi connectivity index (χ4n) is 9.17. The van der Waals surface area contributed by atoms with Gasteiger partial charge in [-0.1, -0.05) is 32.9 Å². The number of amides is 1. The van der Waals surface area contributed by atoms with E-state index in [2.05, 4.69) is 25.7 Å². The van der Waals surface area contributed by atoms with Crippen LogP contribution in [0.2, 0.25) is 0 Å². The molecule has 5 nitrogen and oxygen atoms in total. The number of phenolic OH excluding ortho intramolecular Hbond substituents is 1. The number of aromatic hydroxyl groups is 1. The van der Waals surface area contributed by atoms with E-state index >= 15 is 0 Å². The molecule has 0 bridgehead atoms. The van der Waals surface area contributed by atoms with Crippen molar-refractivity contribution in [1.29, 1.82) is 0 Å². The first-order valence-electron chi connectivity index (χ1n) is 13.4. The molecule has 1 amide bonds. The second kappa shape index (κ2) is 8.57. The van der Waals surface area contributed by atoms with Gasteiger partial charge in [-0.3, -0.25) is 4.79 Å². The van der Waals surface area contributed by atoms with Gasteiger partial charge in [0.1, 0.15) is 11.3 Å². The van der Waals surface area contributed by atoms with E-state index in [1.807, 2.05) is 7.05 Å². The van der Waals surface area contributed by atoms with Crippen molar-refractivity contribution in [2.24, 2.45) is 40.4 Å². The van der Waals surface area contributed by atoms with Crippen LogP contribution < -0.4 is 0 Å². The van der Waals surface area contributed by atoms with E-state index in [0.717, 1.165) is 24.7 Å². The highest BCUT2D eigenvalue weighted by Gasteiger charge is 2.61. The Morgan fingerprint density at radius 3 is 2.59 bits per heavy atom. The molecular weight excluding hydrogens is 426 g/mol. The van der Waals surface area contributed by atoms with Gasteiger partial charge in [-0.15, -0.1) is 0 Å². The molecule has 1 aromatic rings. The van der Waals surface area contributed by atoms with Crippen LogP contribution in [0, 0.1) is 40.4 Å². The summed E-state index contributed by atoms with van der Waals surface area (Å²) in [5, 5.41) is 9.97. The lowest BCUT2D eigenvalue weighted by Crippen LogP contribution is -2.61. The quantitative estimate of drug-likeness (QED) is 0.580. The van der Waals surface area contributed by atoms with Gasteiger partial charge in [0.05, 0.1) is 6.61 Å². The zero-order valence-electron chi connectivity index (χ0n) is 21.3. The third kappa shape index (κ3) is 3.56. The van der Waals surface area contributed by atoms with Crippen LogP contribution in [-0.4, -0.2) is 41.6 Å². The number of carbonyl (C=O) groups is 2. The van der Waals surface area contributed by atoms with Gasteiger partial charge in [-0.05, 0) is 97.5 Å². The minimum atomic E-state index is -0.435. The third-order valence-electron chi connectivity index (χ3n) is 10.9. The highest BCUT2D eigenvalue weighted by Crippen LogP contribution is 2.67. The topological polar surface area (TPSA) is 66.8 Å². The fourth-order valence-corrected chi connectivity index (χ4v) is 9.17. The first kappa shape index (κ1) is 23.7. The Balaban J connectivity index is 1.27. The highest BCUT2D eigenvalue weighted by molar-refractivity contribution is 5.92. The van der Waals surface area contributed by atoms with Crippen molar-refractivity contribution in [3.63, 3.8) is 0 Å². The van der Waals surface area contributed by atoms with Gasteiger partial charge in [0, 0.05) is 19.5 Å². The number of nitrogens with zero attached hydrogens (tertiary/aromatic N) is 1. The number of likely N-dealkylation sites (tertiary alicyclic amines) is 1. The molecule has 4 fully saturated rings. The first-order chi connectivity index (χ1) is 16.2. The summed E-state index contributed by atoms with van der Waals surface area (Å²) in [7, 11) is 2.03. The van der Waals surface area contributed by atoms with Gasteiger partial charge in [-0.25, -0.2) is 4.79 Å². The average Bonchev–Trinajstić information content (AvgIpc) is 3.17. The molecule has 5 rings (SSSR count). The number of rotatable bonds is 4. The second-order valence-corrected chi connectivity index (χ2v) is 12.3. The van der Waals surface area contributed by atoms with E-state index in [0.29, 0.717) is 48.1 Å². The van der Waals surface area contributed by atoms with Crippen LogP contribution in [0.3, 0.4) is 0 Å². The molecule has 1 heterocycles. The summed E-state index contributed by atoms with van der Waals surface area (Å²) in [6, 6.07) is 7.00. The normalized spacial score (nSPS) is 40.2. The number of phenols is 1. The largest absolute Gasteiger partial charge is 0.507 e. The van der Waals surface area contributed by atoms with Crippen molar-refractivity contribution >= 4 is 11.9 Å². The summed E-state index contributed by atoms with van der Waals surface area (Å²) in [5.74, 6) is 2.92. The van der Waals surface area contributed by atoms with Crippen molar-refractivity contribution in [3.05, 3.63) is 29.8 Å². The van der Waals surface area contributed by atoms with E-state index in [9.17, 15) is 14.7 Å². The number of para-hydroxylation sites is 1. The Bertz CT molecular complexity index is 961. The predicted molar refractivity (Wildman–Crippen MR) is 131 cm³/mol. The van der Waals surface area contributed by atoms with Crippen molar-refractivity contribution in [2.45, 2.75) is 78.2 Å². The van der Waals surface area contributed by atoms with Crippen LogP contribution in [0.5, 0.6) is 5.75 Å². The lowest BCUT2D eigenvalue weighted by atomic mass is 9.46. The van der Waals surface area contributed by atoms with Crippen molar-refractivity contribution in [1.82, 2.24) is 4.90 Å². The molecule has 5 heteroatoms. The molecule has 0 aromatic heterocycles. The molecule has 186 valence electrons. The number of piperidine rings is 1. The summed E-state index contributed by atoms with van der Waals surface area (Å²) in [4.78, 5) is 27.0. The lowest BCUT2D eigenvalue weighted by Gasteiger charge is -2.62. The molecule has 1 saturated heterocycles. The van der Waals surface area contributed by atoms with Crippen LogP contribution in [0.25, 0.3) is 0 Å². The summed E-state index contributed by atoms with van der Waals surface area (Å²) in [6.07, 6.45) is 9.11. The SMILES string of the molecule is CC(COC(=O)c1ccccc1O)[C@H]1CC[C@H]2[C@@H]3CC[C@H]4N(C)C(=O)CC[C@]4(C)[C@H]3CC[C@]12C. The van der Waals surface area contributed by atoms with Crippen molar-refractivity contribution in [2.75, 3.05) is 13.7 Å². The van der Waals surface area contributed by atoms with Crippen molar-refractivity contribution in [3.8, 4) is 5.75 Å². The maximum Gasteiger partial charge on any atom is 0.341 e. The molecule has 4 aliphatic rings. The lowest BCUT2D eigenvalue weighted by molar-refractivity contribution is -0.159. The minimum Gasteiger partial charge on any atom is -0.507 e. The Morgan fingerprint density at radius 1 is 1.09 bits per heavy atom. The number of ether oxygens (including phenoxy) is 1. The van der Waals surface area contributed by atoms with E-state index < -0.39 is 5.97 Å².